The molecule has 0 aliphatic carbocycles. The molecule has 0 radical (unpaired) electrons. The van der Waals surface area contributed by atoms with Crippen molar-refractivity contribution < 1.29 is 9.59 Å². The molecule has 2 atom stereocenters. The standard InChI is InChI=1S/C17H22N2O2/c1-12-5-2-3-6-14(12)15-7-4-10-19(15)17(21)13-8-9-16(20)18-11-13/h2-3,5-6,13,15H,4,7-11H2,1H3,(H,18,20)/t13-,15+/m0/s1. The van der Waals surface area contributed by atoms with Crippen LogP contribution in [0.2, 0.25) is 0 Å². The summed E-state index contributed by atoms with van der Waals surface area (Å²) in [6.07, 6.45) is 3.25. The Balaban J connectivity index is 1.76. The zero-order valence-electron chi connectivity index (χ0n) is 12.5. The average Bonchev–Trinajstić information content (AvgIpc) is 2.97. The molecule has 1 N–H and O–H groups in total. The van der Waals surface area contributed by atoms with Crippen LogP contribution in [0.25, 0.3) is 0 Å². The Labute approximate surface area is 125 Å². The van der Waals surface area contributed by atoms with E-state index in [1.54, 1.807) is 0 Å². The Morgan fingerprint density at radius 1 is 1.29 bits per heavy atom. The van der Waals surface area contributed by atoms with E-state index in [-0.39, 0.29) is 23.8 Å². The van der Waals surface area contributed by atoms with Crippen LogP contribution < -0.4 is 5.32 Å². The van der Waals surface area contributed by atoms with E-state index in [0.29, 0.717) is 19.4 Å². The van der Waals surface area contributed by atoms with Gasteiger partial charge in [0, 0.05) is 19.5 Å². The number of nitrogens with one attached hydrogen (secondary N) is 1. The van der Waals surface area contributed by atoms with E-state index in [1.165, 1.54) is 11.1 Å². The molecule has 3 rings (SSSR count). The second-order valence-electron chi connectivity index (χ2n) is 6.09. The molecule has 112 valence electrons. The van der Waals surface area contributed by atoms with Crippen molar-refractivity contribution in [2.24, 2.45) is 5.92 Å². The summed E-state index contributed by atoms with van der Waals surface area (Å²) in [6.45, 7) is 3.44. The molecule has 1 aromatic rings. The Kier molecular flexibility index (Phi) is 3.95. The molecule has 2 amide bonds. The van der Waals surface area contributed by atoms with Gasteiger partial charge in [0.15, 0.2) is 0 Å². The number of carbonyl (C=O) groups is 2. The normalized spacial score (nSPS) is 25.8. The van der Waals surface area contributed by atoms with Crippen molar-refractivity contribution >= 4 is 11.8 Å². The summed E-state index contributed by atoms with van der Waals surface area (Å²) in [6, 6.07) is 8.53. The minimum absolute atomic E-state index is 0.0488. The van der Waals surface area contributed by atoms with Crippen molar-refractivity contribution in [1.82, 2.24) is 10.2 Å². The van der Waals surface area contributed by atoms with Crippen molar-refractivity contribution in [3.05, 3.63) is 35.4 Å². The molecule has 0 unspecified atom stereocenters. The Morgan fingerprint density at radius 2 is 2.10 bits per heavy atom. The summed E-state index contributed by atoms with van der Waals surface area (Å²) in [5.41, 5.74) is 2.52. The second-order valence-corrected chi connectivity index (χ2v) is 6.09. The van der Waals surface area contributed by atoms with Gasteiger partial charge in [0.05, 0.1) is 12.0 Å². The Bertz CT molecular complexity index is 545. The largest absolute Gasteiger partial charge is 0.355 e. The number of piperidine rings is 1. The summed E-state index contributed by atoms with van der Waals surface area (Å²) in [5.74, 6) is 0.226. The predicted octanol–water partition coefficient (Wildman–Crippen LogP) is 2.18. The van der Waals surface area contributed by atoms with Gasteiger partial charge in [0.25, 0.3) is 0 Å². The fraction of sp³-hybridized carbons (Fsp3) is 0.529. The molecule has 2 fully saturated rings. The van der Waals surface area contributed by atoms with E-state index in [2.05, 4.69) is 24.4 Å². The minimum atomic E-state index is -0.0488. The highest BCUT2D eigenvalue weighted by Crippen LogP contribution is 2.35. The molecule has 4 nitrogen and oxygen atoms in total. The number of likely N-dealkylation sites (tertiary alicyclic amines) is 1. The highest BCUT2D eigenvalue weighted by molar-refractivity contribution is 5.84. The smallest absolute Gasteiger partial charge is 0.227 e. The topological polar surface area (TPSA) is 49.4 Å². The third-order valence-corrected chi connectivity index (χ3v) is 4.70. The maximum absolute atomic E-state index is 12.8. The number of benzene rings is 1. The lowest BCUT2D eigenvalue weighted by Gasteiger charge is -2.31. The van der Waals surface area contributed by atoms with E-state index in [4.69, 9.17) is 0 Å². The van der Waals surface area contributed by atoms with Gasteiger partial charge in [-0.15, -0.1) is 0 Å². The lowest BCUT2D eigenvalue weighted by Crippen LogP contribution is -2.44. The van der Waals surface area contributed by atoms with Crippen LogP contribution >= 0.6 is 0 Å². The fourth-order valence-corrected chi connectivity index (χ4v) is 3.49. The second kappa shape index (κ2) is 5.88. The highest BCUT2D eigenvalue weighted by atomic mass is 16.2. The van der Waals surface area contributed by atoms with Crippen LogP contribution in [0, 0.1) is 12.8 Å². The average molecular weight is 286 g/mol. The van der Waals surface area contributed by atoms with Gasteiger partial charge in [0.1, 0.15) is 0 Å². The lowest BCUT2D eigenvalue weighted by molar-refractivity contribution is -0.138. The monoisotopic (exact) mass is 286 g/mol. The van der Waals surface area contributed by atoms with E-state index >= 15 is 0 Å². The number of amides is 2. The first kappa shape index (κ1) is 14.1. The molecule has 2 saturated heterocycles. The molecule has 1 aromatic carbocycles. The van der Waals surface area contributed by atoms with Crippen molar-refractivity contribution in [2.75, 3.05) is 13.1 Å². The summed E-state index contributed by atoms with van der Waals surface area (Å²) < 4.78 is 0. The van der Waals surface area contributed by atoms with E-state index in [0.717, 1.165) is 19.4 Å². The van der Waals surface area contributed by atoms with Crippen LogP contribution in [0.5, 0.6) is 0 Å². The van der Waals surface area contributed by atoms with Crippen LogP contribution in [0.15, 0.2) is 24.3 Å². The quantitative estimate of drug-likeness (QED) is 0.906. The van der Waals surface area contributed by atoms with E-state index in [9.17, 15) is 9.59 Å². The van der Waals surface area contributed by atoms with Gasteiger partial charge in [-0.1, -0.05) is 24.3 Å². The number of aryl methyl sites for hydroxylation is 1. The van der Waals surface area contributed by atoms with E-state index in [1.807, 2.05) is 17.0 Å². The molecule has 2 aliphatic heterocycles. The summed E-state index contributed by atoms with van der Waals surface area (Å²) in [7, 11) is 0. The van der Waals surface area contributed by atoms with Gasteiger partial charge in [-0.05, 0) is 37.3 Å². The van der Waals surface area contributed by atoms with Crippen molar-refractivity contribution in [3.63, 3.8) is 0 Å². The van der Waals surface area contributed by atoms with Crippen molar-refractivity contribution in [1.29, 1.82) is 0 Å². The molecule has 0 aromatic heterocycles. The fourth-order valence-electron chi connectivity index (χ4n) is 3.49. The predicted molar refractivity (Wildman–Crippen MR) is 80.6 cm³/mol. The van der Waals surface area contributed by atoms with Crippen LogP contribution in [-0.4, -0.2) is 29.8 Å². The zero-order chi connectivity index (χ0) is 14.8. The first-order valence-corrected chi connectivity index (χ1v) is 7.79. The summed E-state index contributed by atoms with van der Waals surface area (Å²) in [4.78, 5) is 26.1. The Hall–Kier alpha value is -1.84. The molecule has 0 saturated carbocycles. The van der Waals surface area contributed by atoms with Crippen LogP contribution in [0.3, 0.4) is 0 Å². The van der Waals surface area contributed by atoms with Gasteiger partial charge in [-0.2, -0.15) is 0 Å². The summed E-state index contributed by atoms with van der Waals surface area (Å²) >= 11 is 0. The molecule has 2 heterocycles. The SMILES string of the molecule is Cc1ccccc1[C@H]1CCCN1C(=O)[C@H]1CCC(=O)NC1. The van der Waals surface area contributed by atoms with Gasteiger partial charge in [0.2, 0.25) is 11.8 Å². The van der Waals surface area contributed by atoms with E-state index < -0.39 is 0 Å². The lowest BCUT2D eigenvalue weighted by atomic mass is 9.95. The third kappa shape index (κ3) is 2.80. The van der Waals surface area contributed by atoms with Gasteiger partial charge in [-0.25, -0.2) is 0 Å². The molecular weight excluding hydrogens is 264 g/mol. The number of carbonyl (C=O) groups excluding carboxylic acids is 2. The Morgan fingerprint density at radius 3 is 2.81 bits per heavy atom. The number of rotatable bonds is 2. The maximum atomic E-state index is 12.8. The molecular formula is C17H22N2O2. The zero-order valence-corrected chi connectivity index (χ0v) is 12.5. The molecule has 0 spiro atoms. The molecule has 21 heavy (non-hydrogen) atoms. The van der Waals surface area contributed by atoms with Crippen molar-refractivity contribution in [2.45, 2.75) is 38.6 Å². The summed E-state index contributed by atoms with van der Waals surface area (Å²) in [5, 5.41) is 2.82. The van der Waals surface area contributed by atoms with Gasteiger partial charge in [-0.3, -0.25) is 9.59 Å². The van der Waals surface area contributed by atoms with Crippen LogP contribution in [0.1, 0.15) is 42.9 Å². The van der Waals surface area contributed by atoms with Crippen LogP contribution in [-0.2, 0) is 9.59 Å². The first-order valence-electron chi connectivity index (χ1n) is 7.79. The molecule has 2 aliphatic rings. The van der Waals surface area contributed by atoms with Crippen LogP contribution in [0.4, 0.5) is 0 Å². The third-order valence-electron chi connectivity index (χ3n) is 4.70. The maximum Gasteiger partial charge on any atom is 0.227 e. The van der Waals surface area contributed by atoms with Crippen molar-refractivity contribution in [3.8, 4) is 0 Å². The van der Waals surface area contributed by atoms with Gasteiger partial charge < -0.3 is 10.2 Å². The highest BCUT2D eigenvalue weighted by Gasteiger charge is 2.35. The number of nitrogens with zero attached hydrogens (tertiary/aromatic N) is 1. The number of hydrogen-bond donors (Lipinski definition) is 1. The number of hydrogen-bond acceptors (Lipinski definition) is 2. The molecule has 0 bridgehead atoms. The first-order chi connectivity index (χ1) is 10.2. The van der Waals surface area contributed by atoms with Gasteiger partial charge >= 0.3 is 0 Å². The molecule has 4 heteroatoms. The minimum Gasteiger partial charge on any atom is -0.355 e.